The number of hydrogen-bond donors (Lipinski definition) is 1. The maximum atomic E-state index is 12.4. The van der Waals surface area contributed by atoms with Gasteiger partial charge in [-0.3, -0.25) is 14.7 Å². The van der Waals surface area contributed by atoms with Crippen molar-refractivity contribution >= 4 is 5.91 Å². The first-order valence-corrected chi connectivity index (χ1v) is 9.71. The Hall–Kier alpha value is -1.46. The van der Waals surface area contributed by atoms with Gasteiger partial charge in [-0.15, -0.1) is 0 Å². The van der Waals surface area contributed by atoms with Crippen molar-refractivity contribution in [3.8, 4) is 0 Å². The lowest BCUT2D eigenvalue weighted by Gasteiger charge is -2.44. The van der Waals surface area contributed by atoms with Gasteiger partial charge in [0.25, 0.3) is 0 Å². The predicted octanol–water partition coefficient (Wildman–Crippen LogP) is 2.37. The number of carbonyl (C=O) groups excluding carboxylic acids is 1. The van der Waals surface area contributed by atoms with E-state index in [0.717, 1.165) is 51.4 Å². The molecule has 1 aliphatic carbocycles. The number of piperidine rings is 1. The molecule has 1 unspecified atom stereocenters. The van der Waals surface area contributed by atoms with Crippen LogP contribution in [-0.4, -0.2) is 47.1 Å². The van der Waals surface area contributed by atoms with E-state index in [1.165, 1.54) is 18.4 Å². The largest absolute Gasteiger partial charge is 0.362 e. The van der Waals surface area contributed by atoms with Gasteiger partial charge in [0.2, 0.25) is 5.91 Å². The van der Waals surface area contributed by atoms with Crippen LogP contribution in [0.5, 0.6) is 0 Å². The Bertz CT molecular complexity index is 604. The number of rotatable bonds is 5. The third-order valence-corrected chi connectivity index (χ3v) is 6.20. The highest BCUT2D eigenvalue weighted by Gasteiger charge is 2.48. The van der Waals surface area contributed by atoms with Crippen molar-refractivity contribution in [3.05, 3.63) is 30.1 Å². The van der Waals surface area contributed by atoms with Crippen molar-refractivity contribution in [2.75, 3.05) is 19.6 Å². The number of aromatic nitrogens is 1. The Morgan fingerprint density at radius 1 is 1.32 bits per heavy atom. The van der Waals surface area contributed by atoms with Crippen molar-refractivity contribution in [1.29, 1.82) is 0 Å². The quantitative estimate of drug-likeness (QED) is 0.892. The van der Waals surface area contributed by atoms with Gasteiger partial charge in [-0.1, -0.05) is 6.92 Å². The highest BCUT2D eigenvalue weighted by atomic mass is 16.5. The van der Waals surface area contributed by atoms with Crippen LogP contribution in [0.25, 0.3) is 0 Å². The van der Waals surface area contributed by atoms with Crippen LogP contribution in [0.2, 0.25) is 0 Å². The van der Waals surface area contributed by atoms with Gasteiger partial charge in [0.15, 0.2) is 0 Å². The summed E-state index contributed by atoms with van der Waals surface area (Å²) in [5, 5.41) is 3.08. The molecule has 3 atom stereocenters. The third kappa shape index (κ3) is 3.87. The van der Waals surface area contributed by atoms with Crippen LogP contribution in [0.4, 0.5) is 0 Å². The van der Waals surface area contributed by atoms with Gasteiger partial charge in [0, 0.05) is 38.6 Å². The fraction of sp³-hybridized carbons (Fsp3) is 0.700. The molecule has 1 spiro atoms. The summed E-state index contributed by atoms with van der Waals surface area (Å²) in [6.45, 7) is 6.14. The summed E-state index contributed by atoms with van der Waals surface area (Å²) >= 11 is 0. The highest BCUT2D eigenvalue weighted by Crippen LogP contribution is 2.42. The van der Waals surface area contributed by atoms with Crippen LogP contribution >= 0.6 is 0 Å². The van der Waals surface area contributed by atoms with Crippen molar-refractivity contribution in [3.63, 3.8) is 0 Å². The first-order chi connectivity index (χ1) is 12.1. The normalized spacial score (nSPS) is 32.8. The first-order valence-electron chi connectivity index (χ1n) is 9.71. The van der Waals surface area contributed by atoms with Crippen LogP contribution in [0, 0.1) is 11.8 Å². The average molecular weight is 343 g/mol. The van der Waals surface area contributed by atoms with Crippen molar-refractivity contribution in [2.45, 2.75) is 57.3 Å². The zero-order chi connectivity index (χ0) is 17.3. The number of carbonyl (C=O) groups is 1. The summed E-state index contributed by atoms with van der Waals surface area (Å²) in [6, 6.07) is 4.17. The number of hydrogen-bond acceptors (Lipinski definition) is 4. The molecule has 4 rings (SSSR count). The van der Waals surface area contributed by atoms with Gasteiger partial charge >= 0.3 is 0 Å². The molecular weight excluding hydrogens is 314 g/mol. The van der Waals surface area contributed by atoms with Gasteiger partial charge in [-0.2, -0.15) is 0 Å². The molecule has 1 aromatic rings. The molecule has 5 nitrogen and oxygen atoms in total. The van der Waals surface area contributed by atoms with E-state index in [0.29, 0.717) is 5.92 Å². The molecule has 136 valence electrons. The molecule has 2 saturated heterocycles. The summed E-state index contributed by atoms with van der Waals surface area (Å²) < 4.78 is 6.37. The van der Waals surface area contributed by atoms with Gasteiger partial charge < -0.3 is 10.1 Å². The number of ether oxygens (including phenoxy) is 1. The summed E-state index contributed by atoms with van der Waals surface area (Å²) in [4.78, 5) is 18.9. The van der Waals surface area contributed by atoms with E-state index in [1.54, 1.807) is 0 Å². The van der Waals surface area contributed by atoms with Gasteiger partial charge in [-0.05, 0) is 61.6 Å². The molecule has 0 bridgehead atoms. The molecule has 1 N–H and O–H groups in total. The molecule has 3 fully saturated rings. The first kappa shape index (κ1) is 17.0. The molecule has 0 aromatic carbocycles. The van der Waals surface area contributed by atoms with Crippen molar-refractivity contribution in [1.82, 2.24) is 15.2 Å². The Balaban J connectivity index is 1.30. The Kier molecular flexibility index (Phi) is 4.78. The summed E-state index contributed by atoms with van der Waals surface area (Å²) in [5.41, 5.74) is 1.21. The maximum absolute atomic E-state index is 12.4. The number of nitrogens with one attached hydrogen (secondary N) is 1. The van der Waals surface area contributed by atoms with E-state index in [2.05, 4.69) is 34.3 Å². The second-order valence-electron chi connectivity index (χ2n) is 8.14. The maximum Gasteiger partial charge on any atom is 0.249 e. The molecule has 5 heteroatoms. The topological polar surface area (TPSA) is 54.5 Å². The van der Waals surface area contributed by atoms with Gasteiger partial charge in [0.05, 0.1) is 5.60 Å². The highest BCUT2D eigenvalue weighted by molar-refractivity contribution is 5.81. The van der Waals surface area contributed by atoms with Gasteiger partial charge in [0.1, 0.15) is 6.10 Å². The Morgan fingerprint density at radius 2 is 2.12 bits per heavy atom. The molecule has 25 heavy (non-hydrogen) atoms. The van der Waals surface area contributed by atoms with Crippen LogP contribution < -0.4 is 5.32 Å². The van der Waals surface area contributed by atoms with Gasteiger partial charge in [-0.25, -0.2) is 0 Å². The van der Waals surface area contributed by atoms with Crippen molar-refractivity contribution in [2.24, 2.45) is 11.8 Å². The standard InChI is InChI=1S/C20H29N3O2/c1-15-13-23(14-17-5-9-21-10-6-17)11-8-20(15)7-4-18(25-20)19(24)22-12-16-2-3-16/h5-6,9-10,15-16,18H,2-4,7-8,11-14H2,1H3,(H,22,24)/t15-,18?,20+/m1/s1. The van der Waals surface area contributed by atoms with E-state index in [9.17, 15) is 4.79 Å². The fourth-order valence-corrected chi connectivity index (χ4v) is 4.32. The SMILES string of the molecule is C[C@@H]1CN(Cc2ccncc2)CC[C@@]12CCC(C(=O)NCC1CC1)O2. The molecular formula is C20H29N3O2. The summed E-state index contributed by atoms with van der Waals surface area (Å²) in [6.07, 6.45) is 8.90. The molecule has 2 aliphatic heterocycles. The second kappa shape index (κ2) is 7.04. The zero-order valence-electron chi connectivity index (χ0n) is 15.1. The monoisotopic (exact) mass is 343 g/mol. The molecule has 1 aromatic heterocycles. The van der Waals surface area contributed by atoms with Crippen LogP contribution in [-0.2, 0) is 16.1 Å². The van der Waals surface area contributed by atoms with Crippen LogP contribution in [0.3, 0.4) is 0 Å². The third-order valence-electron chi connectivity index (χ3n) is 6.20. The van der Waals surface area contributed by atoms with Crippen LogP contribution in [0.15, 0.2) is 24.5 Å². The number of pyridine rings is 1. The van der Waals surface area contributed by atoms with Crippen molar-refractivity contribution < 1.29 is 9.53 Å². The molecule has 3 heterocycles. The summed E-state index contributed by atoms with van der Waals surface area (Å²) in [5.74, 6) is 1.27. The average Bonchev–Trinajstić information content (AvgIpc) is 3.35. The second-order valence-corrected chi connectivity index (χ2v) is 8.14. The lowest BCUT2D eigenvalue weighted by molar-refractivity contribution is -0.147. The predicted molar refractivity (Wildman–Crippen MR) is 95.9 cm³/mol. The van der Waals surface area contributed by atoms with Crippen LogP contribution in [0.1, 0.15) is 44.6 Å². The molecule has 1 amide bonds. The number of nitrogens with zero attached hydrogens (tertiary/aromatic N) is 2. The lowest BCUT2D eigenvalue weighted by atomic mass is 9.80. The fourth-order valence-electron chi connectivity index (χ4n) is 4.32. The minimum atomic E-state index is -0.243. The molecule has 1 saturated carbocycles. The minimum Gasteiger partial charge on any atom is -0.362 e. The number of likely N-dealkylation sites (tertiary alicyclic amines) is 1. The zero-order valence-corrected chi connectivity index (χ0v) is 15.1. The van der Waals surface area contributed by atoms with E-state index in [1.807, 2.05) is 12.4 Å². The number of amides is 1. The Morgan fingerprint density at radius 3 is 2.84 bits per heavy atom. The molecule has 3 aliphatic rings. The summed E-state index contributed by atoms with van der Waals surface area (Å²) in [7, 11) is 0. The van der Waals surface area contributed by atoms with E-state index in [4.69, 9.17) is 4.74 Å². The van der Waals surface area contributed by atoms with E-state index in [-0.39, 0.29) is 17.6 Å². The van der Waals surface area contributed by atoms with E-state index < -0.39 is 0 Å². The van der Waals surface area contributed by atoms with E-state index >= 15 is 0 Å². The smallest absolute Gasteiger partial charge is 0.249 e. The Labute approximate surface area is 150 Å². The molecule has 0 radical (unpaired) electrons. The lowest BCUT2D eigenvalue weighted by Crippen LogP contribution is -2.51. The minimum absolute atomic E-state index is 0.101.